The summed E-state index contributed by atoms with van der Waals surface area (Å²) in [5.41, 5.74) is 0.412. The third-order valence-electron chi connectivity index (χ3n) is 3.79. The fourth-order valence-corrected chi connectivity index (χ4v) is 2.74. The molecule has 0 radical (unpaired) electrons. The number of aliphatic hydroxyl groups excluding tert-OH is 1. The molecule has 2 saturated heterocycles. The van der Waals surface area contributed by atoms with E-state index >= 15 is 0 Å². The molecule has 2 aliphatic rings. The molecule has 1 N–H and O–H groups in total. The Morgan fingerprint density at radius 1 is 1.40 bits per heavy atom. The first-order valence-corrected chi connectivity index (χ1v) is 6.16. The Labute approximate surface area is 92.4 Å². The van der Waals surface area contributed by atoms with Crippen molar-refractivity contribution in [2.75, 3.05) is 32.8 Å². The van der Waals surface area contributed by atoms with E-state index in [0.29, 0.717) is 5.41 Å². The van der Waals surface area contributed by atoms with Gasteiger partial charge in [0, 0.05) is 26.3 Å². The Balaban J connectivity index is 1.83. The highest BCUT2D eigenvalue weighted by atomic mass is 16.5. The van der Waals surface area contributed by atoms with Crippen molar-refractivity contribution < 1.29 is 9.84 Å². The van der Waals surface area contributed by atoms with Gasteiger partial charge in [0.15, 0.2) is 0 Å². The summed E-state index contributed by atoms with van der Waals surface area (Å²) in [5.74, 6) is 0. The van der Waals surface area contributed by atoms with Crippen LogP contribution in [0, 0.1) is 5.41 Å². The van der Waals surface area contributed by atoms with Crippen LogP contribution in [0.5, 0.6) is 0 Å². The second-order valence-electron chi connectivity index (χ2n) is 5.45. The summed E-state index contributed by atoms with van der Waals surface area (Å²) in [4.78, 5) is 2.43. The van der Waals surface area contributed by atoms with Crippen LogP contribution in [0.2, 0.25) is 0 Å². The highest BCUT2D eigenvalue weighted by molar-refractivity contribution is 4.83. The highest BCUT2D eigenvalue weighted by Crippen LogP contribution is 2.31. The molecular formula is C12H23NO2. The van der Waals surface area contributed by atoms with E-state index < -0.39 is 0 Å². The topological polar surface area (TPSA) is 32.7 Å². The Morgan fingerprint density at radius 3 is 2.80 bits per heavy atom. The molecular weight excluding hydrogens is 190 g/mol. The summed E-state index contributed by atoms with van der Waals surface area (Å²) >= 11 is 0. The minimum absolute atomic E-state index is 0.0952. The van der Waals surface area contributed by atoms with Gasteiger partial charge in [0.25, 0.3) is 0 Å². The third-order valence-corrected chi connectivity index (χ3v) is 3.79. The average Bonchev–Trinajstić information content (AvgIpc) is 2.18. The first-order chi connectivity index (χ1) is 7.18. The van der Waals surface area contributed by atoms with Gasteiger partial charge in [-0.3, -0.25) is 0 Å². The SMILES string of the molecule is CC1(CN2CCCC(O)C2)CCOCC1. The summed E-state index contributed by atoms with van der Waals surface area (Å²) in [6, 6.07) is 0. The first-order valence-electron chi connectivity index (χ1n) is 6.16. The smallest absolute Gasteiger partial charge is 0.0667 e. The summed E-state index contributed by atoms with van der Waals surface area (Å²) in [6.07, 6.45) is 4.37. The summed E-state index contributed by atoms with van der Waals surface area (Å²) in [7, 11) is 0. The van der Waals surface area contributed by atoms with E-state index in [1.54, 1.807) is 0 Å². The molecule has 1 unspecified atom stereocenters. The lowest BCUT2D eigenvalue weighted by Gasteiger charge is -2.40. The van der Waals surface area contributed by atoms with E-state index in [9.17, 15) is 5.11 Å². The van der Waals surface area contributed by atoms with E-state index in [-0.39, 0.29) is 6.10 Å². The van der Waals surface area contributed by atoms with Gasteiger partial charge < -0.3 is 14.7 Å². The molecule has 0 bridgehead atoms. The third kappa shape index (κ3) is 3.16. The predicted molar refractivity (Wildman–Crippen MR) is 59.8 cm³/mol. The molecule has 15 heavy (non-hydrogen) atoms. The standard InChI is InChI=1S/C12H23NO2/c1-12(4-7-15-8-5-12)10-13-6-2-3-11(14)9-13/h11,14H,2-10H2,1H3. The van der Waals surface area contributed by atoms with Crippen LogP contribution in [0.3, 0.4) is 0 Å². The zero-order chi connectivity index (χ0) is 10.7. The number of likely N-dealkylation sites (tertiary alicyclic amines) is 1. The molecule has 2 heterocycles. The van der Waals surface area contributed by atoms with Crippen LogP contribution in [0.4, 0.5) is 0 Å². The lowest BCUT2D eigenvalue weighted by atomic mass is 9.81. The predicted octanol–water partition coefficient (Wildman–Crippen LogP) is 1.26. The monoisotopic (exact) mass is 213 g/mol. The van der Waals surface area contributed by atoms with Gasteiger partial charge in [0.2, 0.25) is 0 Å². The Hall–Kier alpha value is -0.120. The van der Waals surface area contributed by atoms with E-state index in [2.05, 4.69) is 11.8 Å². The molecule has 2 rings (SSSR count). The van der Waals surface area contributed by atoms with Gasteiger partial charge >= 0.3 is 0 Å². The number of rotatable bonds is 2. The van der Waals surface area contributed by atoms with Crippen LogP contribution in [0.25, 0.3) is 0 Å². The lowest BCUT2D eigenvalue weighted by Crippen LogP contribution is -2.45. The minimum Gasteiger partial charge on any atom is -0.392 e. The zero-order valence-corrected chi connectivity index (χ0v) is 9.74. The van der Waals surface area contributed by atoms with Crippen molar-refractivity contribution in [3.05, 3.63) is 0 Å². The van der Waals surface area contributed by atoms with Crippen molar-refractivity contribution >= 4 is 0 Å². The normalized spacial score (nSPS) is 32.8. The van der Waals surface area contributed by atoms with Crippen molar-refractivity contribution in [3.8, 4) is 0 Å². The number of piperidine rings is 1. The molecule has 3 heteroatoms. The van der Waals surface area contributed by atoms with E-state index in [1.165, 1.54) is 12.8 Å². The quantitative estimate of drug-likeness (QED) is 0.749. The molecule has 2 fully saturated rings. The van der Waals surface area contributed by atoms with Gasteiger partial charge in [-0.1, -0.05) is 6.92 Å². The molecule has 0 spiro atoms. The molecule has 0 aromatic carbocycles. The molecule has 3 nitrogen and oxygen atoms in total. The molecule has 0 aromatic rings. The Kier molecular flexibility index (Phi) is 3.65. The molecule has 0 saturated carbocycles. The maximum Gasteiger partial charge on any atom is 0.0667 e. The minimum atomic E-state index is -0.0952. The zero-order valence-electron chi connectivity index (χ0n) is 9.74. The number of hydrogen-bond donors (Lipinski definition) is 1. The van der Waals surface area contributed by atoms with Gasteiger partial charge in [-0.25, -0.2) is 0 Å². The highest BCUT2D eigenvalue weighted by Gasteiger charge is 2.31. The van der Waals surface area contributed by atoms with E-state index in [4.69, 9.17) is 4.74 Å². The average molecular weight is 213 g/mol. The number of nitrogens with zero attached hydrogens (tertiary/aromatic N) is 1. The van der Waals surface area contributed by atoms with Crippen molar-refractivity contribution in [2.45, 2.75) is 38.7 Å². The number of hydrogen-bond acceptors (Lipinski definition) is 3. The van der Waals surface area contributed by atoms with E-state index in [0.717, 1.165) is 45.7 Å². The van der Waals surface area contributed by atoms with Gasteiger partial charge in [0.05, 0.1) is 6.10 Å². The molecule has 0 amide bonds. The van der Waals surface area contributed by atoms with Crippen LogP contribution >= 0.6 is 0 Å². The fraction of sp³-hybridized carbons (Fsp3) is 1.00. The maximum atomic E-state index is 9.63. The second kappa shape index (κ2) is 4.81. The van der Waals surface area contributed by atoms with Crippen LogP contribution in [-0.2, 0) is 4.74 Å². The van der Waals surface area contributed by atoms with Crippen molar-refractivity contribution in [3.63, 3.8) is 0 Å². The van der Waals surface area contributed by atoms with Crippen LogP contribution in [0.1, 0.15) is 32.6 Å². The van der Waals surface area contributed by atoms with Gasteiger partial charge in [-0.2, -0.15) is 0 Å². The molecule has 0 aromatic heterocycles. The maximum absolute atomic E-state index is 9.63. The summed E-state index contributed by atoms with van der Waals surface area (Å²) < 4.78 is 5.41. The molecule has 88 valence electrons. The van der Waals surface area contributed by atoms with Crippen molar-refractivity contribution in [1.82, 2.24) is 4.90 Å². The van der Waals surface area contributed by atoms with Crippen LogP contribution in [0.15, 0.2) is 0 Å². The van der Waals surface area contributed by atoms with Gasteiger partial charge in [-0.05, 0) is 37.6 Å². The van der Waals surface area contributed by atoms with Gasteiger partial charge in [-0.15, -0.1) is 0 Å². The largest absolute Gasteiger partial charge is 0.392 e. The Morgan fingerprint density at radius 2 is 2.13 bits per heavy atom. The summed E-state index contributed by atoms with van der Waals surface area (Å²) in [5, 5.41) is 9.63. The molecule has 2 aliphatic heterocycles. The van der Waals surface area contributed by atoms with E-state index in [1.807, 2.05) is 0 Å². The van der Waals surface area contributed by atoms with Crippen LogP contribution < -0.4 is 0 Å². The Bertz CT molecular complexity index is 202. The first kappa shape index (κ1) is 11.4. The number of ether oxygens (including phenoxy) is 1. The summed E-state index contributed by atoms with van der Waals surface area (Å²) in [6.45, 7) is 7.34. The molecule has 1 atom stereocenters. The second-order valence-corrected chi connectivity index (χ2v) is 5.45. The fourth-order valence-electron chi connectivity index (χ4n) is 2.74. The number of β-amino-alcohol motifs (C(OH)–C–C–N with tert-alkyl or cyclic N) is 1. The van der Waals surface area contributed by atoms with Crippen molar-refractivity contribution in [1.29, 1.82) is 0 Å². The molecule has 0 aliphatic carbocycles. The lowest BCUT2D eigenvalue weighted by molar-refractivity contribution is -0.0119. The van der Waals surface area contributed by atoms with Crippen molar-refractivity contribution in [2.24, 2.45) is 5.41 Å². The van der Waals surface area contributed by atoms with Gasteiger partial charge in [0.1, 0.15) is 0 Å². The van der Waals surface area contributed by atoms with Crippen LogP contribution in [-0.4, -0.2) is 49.0 Å². The number of aliphatic hydroxyl groups is 1.